The molecule has 6 N–H and O–H groups in total. The number of carbonyl (C=O) groups excluding carboxylic acids is 2. The molecule has 0 amide bonds. The van der Waals surface area contributed by atoms with Crippen LogP contribution in [0.1, 0.15) is 0 Å². The van der Waals surface area contributed by atoms with Gasteiger partial charge in [0.2, 0.25) is 5.54 Å². The topological polar surface area (TPSA) is 207 Å². The predicted molar refractivity (Wildman–Crippen MR) is 39.1 cm³/mol. The standard InChI is InChI=1S/C6H8N2O8.2Na/c7-5(1(9)10,2(11)12)6(8,3(13)14)4(15)16;;/h7-8H2,(H,9,10)(H,11,12)(H,13,14)(H,15,16);;/q;2*+1/p-2. The third-order valence-corrected chi connectivity index (χ3v) is 1.94. The molecular formula is C6H6N2Na2O8. The van der Waals surface area contributed by atoms with Crippen LogP contribution in [0.4, 0.5) is 0 Å². The molecule has 0 radical (unpaired) electrons. The second-order valence-corrected chi connectivity index (χ2v) is 2.80. The summed E-state index contributed by atoms with van der Waals surface area (Å²) in [7, 11) is 0. The number of carboxylic acid groups (broad SMARTS) is 4. The number of carbonyl (C=O) groups is 4. The van der Waals surface area contributed by atoms with E-state index in [2.05, 4.69) is 5.73 Å². The van der Waals surface area contributed by atoms with Crippen molar-refractivity contribution in [2.45, 2.75) is 11.1 Å². The van der Waals surface area contributed by atoms with E-state index >= 15 is 0 Å². The average molecular weight is 280 g/mol. The maximum atomic E-state index is 10.6. The van der Waals surface area contributed by atoms with E-state index in [1.54, 1.807) is 0 Å². The summed E-state index contributed by atoms with van der Waals surface area (Å²) in [6.07, 6.45) is 0. The van der Waals surface area contributed by atoms with Gasteiger partial charge in [0, 0.05) is 0 Å². The second kappa shape index (κ2) is 7.40. The first-order valence-electron chi connectivity index (χ1n) is 3.50. The molecule has 0 atom stereocenters. The smallest absolute Gasteiger partial charge is 0.548 e. The Balaban J connectivity index is -0.00000112. The summed E-state index contributed by atoms with van der Waals surface area (Å²) in [5.74, 6) is -10.3. The molecule has 0 aliphatic rings. The molecule has 0 aromatic heterocycles. The zero-order chi connectivity index (χ0) is 13.3. The van der Waals surface area contributed by atoms with Crippen LogP contribution in [0.2, 0.25) is 0 Å². The number of nitrogens with two attached hydrogens (primary N) is 2. The molecule has 0 saturated carbocycles. The fourth-order valence-electron chi connectivity index (χ4n) is 0.834. The Hall–Kier alpha value is -0.200. The molecule has 90 valence electrons. The molecular weight excluding hydrogens is 274 g/mol. The van der Waals surface area contributed by atoms with Gasteiger partial charge >= 0.3 is 71.1 Å². The van der Waals surface area contributed by atoms with E-state index in [0.29, 0.717) is 0 Å². The quantitative estimate of drug-likeness (QED) is 0.276. The summed E-state index contributed by atoms with van der Waals surface area (Å²) in [5.41, 5.74) is 1.62. The van der Waals surface area contributed by atoms with Gasteiger partial charge in [-0.05, 0) is 0 Å². The van der Waals surface area contributed by atoms with Gasteiger partial charge in [0.15, 0.2) is 0 Å². The third kappa shape index (κ3) is 3.22. The van der Waals surface area contributed by atoms with Crippen LogP contribution in [-0.4, -0.2) is 45.2 Å². The van der Waals surface area contributed by atoms with E-state index in [1.807, 2.05) is 0 Å². The van der Waals surface area contributed by atoms with Crippen LogP contribution in [0.15, 0.2) is 0 Å². The second-order valence-electron chi connectivity index (χ2n) is 2.80. The Kier molecular flexibility index (Phi) is 9.43. The van der Waals surface area contributed by atoms with Gasteiger partial charge < -0.3 is 41.5 Å². The molecule has 0 saturated heterocycles. The molecule has 0 fully saturated rings. The van der Waals surface area contributed by atoms with Crippen LogP contribution in [0.25, 0.3) is 0 Å². The van der Waals surface area contributed by atoms with Crippen molar-refractivity contribution in [3.05, 3.63) is 0 Å². The van der Waals surface area contributed by atoms with E-state index in [-0.39, 0.29) is 59.1 Å². The first kappa shape index (κ1) is 22.9. The molecule has 10 nitrogen and oxygen atoms in total. The first-order chi connectivity index (χ1) is 7.02. The molecule has 0 spiro atoms. The summed E-state index contributed by atoms with van der Waals surface area (Å²) in [4.78, 5) is 42.0. The minimum Gasteiger partial charge on any atom is -0.548 e. The summed E-state index contributed by atoms with van der Waals surface area (Å²) in [5, 5.41) is 37.8. The van der Waals surface area contributed by atoms with Gasteiger partial charge in [-0.2, -0.15) is 0 Å². The van der Waals surface area contributed by atoms with Crippen molar-refractivity contribution in [2.75, 3.05) is 0 Å². The molecule has 0 rings (SSSR count). The van der Waals surface area contributed by atoms with Crippen LogP contribution >= 0.6 is 0 Å². The minimum atomic E-state index is -3.91. The van der Waals surface area contributed by atoms with Crippen molar-refractivity contribution in [1.29, 1.82) is 0 Å². The van der Waals surface area contributed by atoms with Gasteiger partial charge in [0.25, 0.3) is 0 Å². The van der Waals surface area contributed by atoms with E-state index in [4.69, 9.17) is 15.9 Å². The number of hydrogen-bond acceptors (Lipinski definition) is 8. The van der Waals surface area contributed by atoms with Gasteiger partial charge in [-0.15, -0.1) is 0 Å². The van der Waals surface area contributed by atoms with Gasteiger partial charge in [0.1, 0.15) is 5.54 Å². The monoisotopic (exact) mass is 280 g/mol. The molecule has 0 heterocycles. The average Bonchev–Trinajstić information content (AvgIpc) is 2.13. The molecule has 0 aromatic rings. The van der Waals surface area contributed by atoms with Crippen molar-refractivity contribution in [2.24, 2.45) is 11.5 Å². The van der Waals surface area contributed by atoms with Crippen molar-refractivity contribution in [1.82, 2.24) is 0 Å². The number of aliphatic carboxylic acids is 4. The Morgan fingerprint density at radius 2 is 1.00 bits per heavy atom. The Bertz CT molecular complexity index is 320. The van der Waals surface area contributed by atoms with Crippen LogP contribution in [0, 0.1) is 0 Å². The van der Waals surface area contributed by atoms with Crippen molar-refractivity contribution >= 4 is 23.9 Å². The maximum Gasteiger partial charge on any atom is 1.00 e. The minimum absolute atomic E-state index is 0. The summed E-state index contributed by atoms with van der Waals surface area (Å²) in [6.45, 7) is 0. The third-order valence-electron chi connectivity index (χ3n) is 1.94. The van der Waals surface area contributed by atoms with Crippen LogP contribution < -0.4 is 80.8 Å². The van der Waals surface area contributed by atoms with Crippen molar-refractivity contribution in [3.8, 4) is 0 Å². The van der Waals surface area contributed by atoms with Gasteiger partial charge in [-0.25, -0.2) is 9.59 Å². The fourth-order valence-corrected chi connectivity index (χ4v) is 0.834. The van der Waals surface area contributed by atoms with Crippen molar-refractivity contribution < 1.29 is 98.7 Å². The molecule has 0 aromatic carbocycles. The van der Waals surface area contributed by atoms with Crippen LogP contribution in [-0.2, 0) is 19.2 Å². The van der Waals surface area contributed by atoms with E-state index in [9.17, 15) is 29.4 Å². The molecule has 0 aliphatic heterocycles. The number of rotatable bonds is 5. The SMILES string of the molecule is NC(C(=O)[O-])(C(=O)[O-])C(N)(C(=O)O)C(=O)O.[Na+].[Na+]. The van der Waals surface area contributed by atoms with E-state index in [0.717, 1.165) is 0 Å². The van der Waals surface area contributed by atoms with E-state index < -0.39 is 35.0 Å². The first-order valence-corrected chi connectivity index (χ1v) is 3.50. The normalized spacial score (nSPS) is 10.6. The molecule has 0 bridgehead atoms. The molecule has 0 aliphatic carbocycles. The summed E-state index contributed by atoms with van der Waals surface area (Å²) < 4.78 is 0. The maximum absolute atomic E-state index is 10.6. The number of hydrogen-bond donors (Lipinski definition) is 4. The summed E-state index contributed by atoms with van der Waals surface area (Å²) in [6, 6.07) is 0. The zero-order valence-electron chi connectivity index (χ0n) is 9.50. The molecule has 12 heteroatoms. The van der Waals surface area contributed by atoms with Gasteiger partial charge in [-0.3, -0.25) is 0 Å². The predicted octanol–water partition coefficient (Wildman–Crippen LogP) is -11.9. The zero-order valence-corrected chi connectivity index (χ0v) is 13.5. The van der Waals surface area contributed by atoms with Crippen LogP contribution in [0.3, 0.4) is 0 Å². The van der Waals surface area contributed by atoms with Crippen LogP contribution in [0.5, 0.6) is 0 Å². The van der Waals surface area contributed by atoms with Crippen molar-refractivity contribution in [3.63, 3.8) is 0 Å². The number of carboxylic acids is 4. The summed E-state index contributed by atoms with van der Waals surface area (Å²) >= 11 is 0. The van der Waals surface area contributed by atoms with Gasteiger partial charge in [-0.1, -0.05) is 0 Å². The Morgan fingerprint density at radius 1 is 0.778 bits per heavy atom. The Morgan fingerprint density at radius 3 is 1.06 bits per heavy atom. The Labute approximate surface area is 144 Å². The van der Waals surface area contributed by atoms with E-state index in [1.165, 1.54) is 0 Å². The van der Waals surface area contributed by atoms with Gasteiger partial charge in [0.05, 0.1) is 11.9 Å². The molecule has 18 heavy (non-hydrogen) atoms. The largest absolute Gasteiger partial charge is 1.00 e. The fraction of sp³-hybridized carbons (Fsp3) is 0.333. The molecule has 0 unspecified atom stereocenters.